The Balaban J connectivity index is 4.13. The molecule has 0 rings (SSSR count). The van der Waals surface area contributed by atoms with Gasteiger partial charge in [0.25, 0.3) is 0 Å². The van der Waals surface area contributed by atoms with Crippen molar-refractivity contribution in [2.45, 2.75) is 316 Å². The molecule has 0 aliphatic heterocycles. The Hall–Kier alpha value is -3.67. The van der Waals surface area contributed by atoms with Crippen molar-refractivity contribution in [2.24, 2.45) is 0 Å². The van der Waals surface area contributed by atoms with Crippen LogP contribution in [0.5, 0.6) is 0 Å². The van der Waals surface area contributed by atoms with E-state index in [9.17, 15) is 14.4 Å². The molecule has 0 fully saturated rings. The topological polar surface area (TPSA) is 78.9 Å². The second-order valence-corrected chi connectivity index (χ2v) is 21.3. The van der Waals surface area contributed by atoms with E-state index in [2.05, 4.69) is 118 Å². The van der Waals surface area contributed by atoms with Crippen molar-refractivity contribution in [1.29, 1.82) is 0 Å². The minimum atomic E-state index is -0.805. The first kappa shape index (κ1) is 72.3. The predicted molar refractivity (Wildman–Crippen MR) is 330 cm³/mol. The summed E-state index contributed by atoms with van der Waals surface area (Å²) in [4.78, 5) is 38.0. The maximum atomic E-state index is 12.8. The summed E-state index contributed by atoms with van der Waals surface area (Å²) in [5.41, 5.74) is 0. The first-order valence-electron chi connectivity index (χ1n) is 32.2. The van der Waals surface area contributed by atoms with E-state index < -0.39 is 6.10 Å². The molecular formula is C70H120O6. The first-order valence-corrected chi connectivity index (χ1v) is 32.2. The number of carbonyl (C=O) groups excluding carboxylic acids is 3. The maximum Gasteiger partial charge on any atom is 0.306 e. The van der Waals surface area contributed by atoms with Crippen LogP contribution in [0.1, 0.15) is 310 Å². The molecule has 0 saturated heterocycles. The third-order valence-corrected chi connectivity index (χ3v) is 13.8. The number of hydrogen-bond acceptors (Lipinski definition) is 6. The summed E-state index contributed by atoms with van der Waals surface area (Å²) in [6.45, 7) is 6.44. The third kappa shape index (κ3) is 61.2. The molecule has 0 saturated carbocycles. The molecule has 0 amide bonds. The van der Waals surface area contributed by atoms with Crippen molar-refractivity contribution in [1.82, 2.24) is 0 Å². The molecule has 0 spiro atoms. The smallest absolute Gasteiger partial charge is 0.306 e. The van der Waals surface area contributed by atoms with Gasteiger partial charge in [0.15, 0.2) is 6.10 Å². The molecule has 0 N–H and O–H groups in total. The van der Waals surface area contributed by atoms with Gasteiger partial charge >= 0.3 is 17.9 Å². The van der Waals surface area contributed by atoms with Crippen molar-refractivity contribution in [3.05, 3.63) is 97.2 Å². The zero-order valence-electron chi connectivity index (χ0n) is 50.0. The molecule has 0 aromatic heterocycles. The highest BCUT2D eigenvalue weighted by molar-refractivity contribution is 5.71. The van der Waals surface area contributed by atoms with Crippen LogP contribution in [0.3, 0.4) is 0 Å². The van der Waals surface area contributed by atoms with Gasteiger partial charge in [0.1, 0.15) is 13.2 Å². The fourth-order valence-corrected chi connectivity index (χ4v) is 9.02. The fourth-order valence-electron chi connectivity index (χ4n) is 9.02. The normalized spacial score (nSPS) is 12.7. The monoisotopic (exact) mass is 1060 g/mol. The quantitative estimate of drug-likeness (QED) is 0.0261. The van der Waals surface area contributed by atoms with Gasteiger partial charge in [-0.15, -0.1) is 0 Å². The SMILES string of the molecule is CC/C=C\C/C=C\C/C=C\C/C=C\C/C=C\C/C=C\C/C=C\CCCC(=O)OC(COC(=O)CCCCCCCC)COC(=O)CCCCCCCCCCCCCCCCCCC/C=C\CCCCCCCCCC. The van der Waals surface area contributed by atoms with Crippen LogP contribution >= 0.6 is 0 Å². The number of carbonyl (C=O) groups is 3. The Morgan fingerprint density at radius 3 is 0.855 bits per heavy atom. The van der Waals surface area contributed by atoms with E-state index in [-0.39, 0.29) is 37.5 Å². The van der Waals surface area contributed by atoms with E-state index in [0.717, 1.165) is 89.9 Å². The van der Waals surface area contributed by atoms with Gasteiger partial charge in [-0.2, -0.15) is 0 Å². The summed E-state index contributed by atoms with van der Waals surface area (Å²) in [5, 5.41) is 0. The molecule has 0 heterocycles. The van der Waals surface area contributed by atoms with Crippen LogP contribution in [-0.4, -0.2) is 37.2 Å². The standard InChI is InChI=1S/C70H120O6/c1-4-7-10-13-16-18-20-22-24-26-28-30-32-33-34-35-36-37-39-40-42-44-46-48-50-52-54-57-60-63-69(72)75-66-67(65-74-68(71)62-59-56-15-12-9-6-3)76-70(73)64-61-58-55-53-51-49-47-45-43-41-38-31-29-27-25-23-21-19-17-14-11-8-5-2/h8,11,17,19,23,25-26,28-29,31,41,43,47,49,53,55,67H,4-7,9-10,12-16,18,20-22,24,27,30,32-40,42,44-46,48,50-52,54,56-66H2,1-3H3/b11-8-,19-17-,25-23-,28-26-,31-29-,43-41-,49-47-,55-53-. The number of unbranched alkanes of at least 4 members (excludes halogenated alkanes) is 31. The van der Waals surface area contributed by atoms with E-state index in [1.54, 1.807) is 0 Å². The summed E-state index contributed by atoms with van der Waals surface area (Å²) >= 11 is 0. The van der Waals surface area contributed by atoms with Crippen molar-refractivity contribution in [2.75, 3.05) is 13.2 Å². The highest BCUT2D eigenvalue weighted by Crippen LogP contribution is 2.16. The number of allylic oxidation sites excluding steroid dienone is 16. The molecule has 76 heavy (non-hydrogen) atoms. The van der Waals surface area contributed by atoms with Crippen molar-refractivity contribution in [3.8, 4) is 0 Å². The van der Waals surface area contributed by atoms with Crippen LogP contribution in [0, 0.1) is 0 Å². The van der Waals surface area contributed by atoms with Crippen LogP contribution in [0.25, 0.3) is 0 Å². The highest BCUT2D eigenvalue weighted by Gasteiger charge is 2.19. The van der Waals surface area contributed by atoms with Crippen LogP contribution in [0.2, 0.25) is 0 Å². The minimum absolute atomic E-state index is 0.0987. The van der Waals surface area contributed by atoms with Gasteiger partial charge in [-0.25, -0.2) is 0 Å². The average Bonchev–Trinajstić information content (AvgIpc) is 3.42. The van der Waals surface area contributed by atoms with Crippen LogP contribution < -0.4 is 0 Å². The molecular weight excluding hydrogens is 937 g/mol. The Morgan fingerprint density at radius 2 is 0.526 bits per heavy atom. The first-order chi connectivity index (χ1) is 37.5. The van der Waals surface area contributed by atoms with E-state index in [4.69, 9.17) is 14.2 Å². The van der Waals surface area contributed by atoms with E-state index >= 15 is 0 Å². The van der Waals surface area contributed by atoms with Crippen LogP contribution in [0.4, 0.5) is 0 Å². The van der Waals surface area contributed by atoms with Gasteiger partial charge in [-0.1, -0.05) is 291 Å². The lowest BCUT2D eigenvalue weighted by atomic mass is 10.0. The molecule has 0 radical (unpaired) electrons. The van der Waals surface area contributed by atoms with E-state index in [0.29, 0.717) is 19.3 Å². The number of ether oxygens (including phenoxy) is 3. The maximum absolute atomic E-state index is 12.8. The third-order valence-electron chi connectivity index (χ3n) is 13.8. The second-order valence-electron chi connectivity index (χ2n) is 21.3. The van der Waals surface area contributed by atoms with E-state index in [1.807, 2.05) is 0 Å². The largest absolute Gasteiger partial charge is 0.462 e. The fraction of sp³-hybridized carbons (Fsp3) is 0.729. The molecule has 0 aromatic rings. The van der Waals surface area contributed by atoms with Crippen molar-refractivity contribution >= 4 is 17.9 Å². The number of hydrogen-bond donors (Lipinski definition) is 0. The summed E-state index contributed by atoms with van der Waals surface area (Å²) in [7, 11) is 0. The Kier molecular flexibility index (Phi) is 60.8. The van der Waals surface area contributed by atoms with E-state index in [1.165, 1.54) is 173 Å². The van der Waals surface area contributed by atoms with Crippen LogP contribution in [0.15, 0.2) is 97.2 Å². The molecule has 0 aliphatic carbocycles. The van der Waals surface area contributed by atoms with Crippen LogP contribution in [-0.2, 0) is 28.6 Å². The molecule has 1 atom stereocenters. The number of esters is 3. The summed E-state index contributed by atoms with van der Waals surface area (Å²) in [6, 6.07) is 0. The lowest BCUT2D eigenvalue weighted by Crippen LogP contribution is -2.30. The van der Waals surface area contributed by atoms with Gasteiger partial charge in [-0.3, -0.25) is 14.4 Å². The van der Waals surface area contributed by atoms with Gasteiger partial charge < -0.3 is 14.2 Å². The summed E-state index contributed by atoms with van der Waals surface area (Å²) in [6.07, 6.45) is 86.1. The highest BCUT2D eigenvalue weighted by atomic mass is 16.6. The average molecular weight is 1060 g/mol. The van der Waals surface area contributed by atoms with Gasteiger partial charge in [0, 0.05) is 19.3 Å². The lowest BCUT2D eigenvalue weighted by Gasteiger charge is -2.18. The van der Waals surface area contributed by atoms with Gasteiger partial charge in [0.2, 0.25) is 0 Å². The molecule has 1 unspecified atom stereocenters. The predicted octanol–water partition coefficient (Wildman–Crippen LogP) is 22.0. The van der Waals surface area contributed by atoms with Gasteiger partial charge in [-0.05, 0) is 96.3 Å². The second kappa shape index (κ2) is 63.9. The molecule has 436 valence electrons. The summed E-state index contributed by atoms with van der Waals surface area (Å²) in [5.74, 6) is -0.962. The lowest BCUT2D eigenvalue weighted by molar-refractivity contribution is -0.167. The van der Waals surface area contributed by atoms with Crippen molar-refractivity contribution in [3.63, 3.8) is 0 Å². The Bertz CT molecular complexity index is 1490. The number of rotatable bonds is 58. The summed E-state index contributed by atoms with van der Waals surface area (Å²) < 4.78 is 16.7. The molecule has 0 aromatic carbocycles. The minimum Gasteiger partial charge on any atom is -0.462 e. The zero-order chi connectivity index (χ0) is 55.0. The zero-order valence-corrected chi connectivity index (χ0v) is 50.0. The molecule has 0 bridgehead atoms. The van der Waals surface area contributed by atoms with Crippen molar-refractivity contribution < 1.29 is 28.6 Å². The Morgan fingerprint density at radius 1 is 0.276 bits per heavy atom. The van der Waals surface area contributed by atoms with Gasteiger partial charge in [0.05, 0.1) is 0 Å². The molecule has 0 aliphatic rings. The molecule has 6 heteroatoms. The Labute approximate surface area is 470 Å². The molecule has 6 nitrogen and oxygen atoms in total.